The number of carboxylic acids is 1. The van der Waals surface area contributed by atoms with E-state index < -0.39 is 11.8 Å². The first-order valence-corrected chi connectivity index (χ1v) is 5.84. The second kappa shape index (κ2) is 4.05. The maximum Gasteiger partial charge on any atom is 0.362 e. The fourth-order valence-corrected chi connectivity index (χ4v) is 2.65. The number of halogens is 2. The fourth-order valence-electron chi connectivity index (χ4n) is 1.93. The van der Waals surface area contributed by atoms with E-state index in [2.05, 4.69) is 15.9 Å². The third-order valence-electron chi connectivity index (χ3n) is 2.70. The van der Waals surface area contributed by atoms with E-state index in [1.165, 1.54) is 4.90 Å². The summed E-state index contributed by atoms with van der Waals surface area (Å²) >= 11 is 3.27. The van der Waals surface area contributed by atoms with Crippen molar-refractivity contribution >= 4 is 27.6 Å². The van der Waals surface area contributed by atoms with Crippen LogP contribution < -0.4 is 4.90 Å². The number of carbonyl (C=O) groups is 1. The molecular weight excluding hydrogens is 277 g/mol. The van der Waals surface area contributed by atoms with Gasteiger partial charge in [0.15, 0.2) is 0 Å². The van der Waals surface area contributed by atoms with Crippen LogP contribution in [-0.4, -0.2) is 28.2 Å². The highest BCUT2D eigenvalue weighted by Gasteiger charge is 2.52. The summed E-state index contributed by atoms with van der Waals surface area (Å²) in [6.07, 6.45) is -0.0444. The first-order valence-electron chi connectivity index (χ1n) is 4.93. The summed E-state index contributed by atoms with van der Waals surface area (Å²) in [4.78, 5) is 12.2. The number of nitrogens with zero attached hydrogens (tertiary/aromatic N) is 1. The highest BCUT2D eigenvalue weighted by molar-refractivity contribution is 9.09. The van der Waals surface area contributed by atoms with Gasteiger partial charge in [-0.05, 0) is 12.1 Å². The normalized spacial score (nSPS) is 29.4. The highest BCUT2D eigenvalue weighted by Crippen LogP contribution is 2.38. The van der Waals surface area contributed by atoms with Crippen molar-refractivity contribution in [3.8, 4) is 0 Å². The van der Waals surface area contributed by atoms with Crippen molar-refractivity contribution in [1.29, 1.82) is 0 Å². The van der Waals surface area contributed by atoms with Gasteiger partial charge in [-0.15, -0.1) is 0 Å². The van der Waals surface area contributed by atoms with Gasteiger partial charge in [0.25, 0.3) is 5.79 Å². The number of aliphatic carboxylic acids is 1. The third-order valence-corrected chi connectivity index (χ3v) is 3.31. The second-order valence-electron chi connectivity index (χ2n) is 3.81. The summed E-state index contributed by atoms with van der Waals surface area (Å²) in [6, 6.07) is 8.76. The lowest BCUT2D eigenvalue weighted by atomic mass is 10.1. The van der Waals surface area contributed by atoms with Crippen LogP contribution in [-0.2, 0) is 4.79 Å². The summed E-state index contributed by atoms with van der Waals surface area (Å²) in [7, 11) is 0. The van der Waals surface area contributed by atoms with Crippen LogP contribution in [0.3, 0.4) is 0 Å². The van der Waals surface area contributed by atoms with Crippen molar-refractivity contribution in [2.75, 3.05) is 11.4 Å². The Morgan fingerprint density at radius 2 is 2.12 bits per heavy atom. The van der Waals surface area contributed by atoms with E-state index in [0.29, 0.717) is 12.2 Å². The molecule has 0 aliphatic carbocycles. The molecule has 1 aromatic carbocycles. The molecule has 1 fully saturated rings. The van der Waals surface area contributed by atoms with Crippen LogP contribution in [0.1, 0.15) is 6.42 Å². The summed E-state index contributed by atoms with van der Waals surface area (Å²) in [5.74, 6) is -3.74. The Labute approximate surface area is 101 Å². The fraction of sp³-hybridized carbons (Fsp3) is 0.364. The molecule has 2 rings (SSSR count). The molecule has 2 unspecified atom stereocenters. The maximum atomic E-state index is 14.3. The molecule has 1 aliphatic rings. The Morgan fingerprint density at radius 1 is 1.50 bits per heavy atom. The number of carboxylic acid groups (broad SMARTS) is 1. The van der Waals surface area contributed by atoms with Crippen LogP contribution in [0.2, 0.25) is 0 Å². The predicted octanol–water partition coefficient (Wildman–Crippen LogP) is 2.41. The molecule has 0 radical (unpaired) electrons. The lowest BCUT2D eigenvalue weighted by molar-refractivity contribution is -0.150. The quantitative estimate of drug-likeness (QED) is 0.671. The number of hydrogen-bond acceptors (Lipinski definition) is 2. The standard InChI is InChI=1S/C11H11BrFNO2/c12-8-6-11(13,10(15)16)14(7-8)9-4-2-1-3-5-9/h1-5,8H,6-7H2,(H,15,16). The zero-order valence-electron chi connectivity index (χ0n) is 8.44. The van der Waals surface area contributed by atoms with E-state index in [1.54, 1.807) is 24.3 Å². The molecule has 0 bridgehead atoms. The molecule has 5 heteroatoms. The lowest BCUT2D eigenvalue weighted by Gasteiger charge is -2.28. The number of rotatable bonds is 2. The number of anilines is 1. The molecule has 0 amide bonds. The summed E-state index contributed by atoms with van der Waals surface area (Å²) in [5, 5.41) is 8.98. The van der Waals surface area contributed by atoms with E-state index in [1.807, 2.05) is 6.07 Å². The first-order chi connectivity index (χ1) is 7.54. The number of benzene rings is 1. The van der Waals surface area contributed by atoms with Gasteiger partial charge in [-0.1, -0.05) is 34.1 Å². The van der Waals surface area contributed by atoms with Crippen molar-refractivity contribution in [3.63, 3.8) is 0 Å². The Balaban J connectivity index is 2.37. The van der Waals surface area contributed by atoms with Gasteiger partial charge >= 0.3 is 5.97 Å². The van der Waals surface area contributed by atoms with Crippen LogP contribution in [0.25, 0.3) is 0 Å². The molecule has 16 heavy (non-hydrogen) atoms. The molecule has 1 heterocycles. The van der Waals surface area contributed by atoms with Gasteiger partial charge in [-0.2, -0.15) is 0 Å². The van der Waals surface area contributed by atoms with E-state index in [-0.39, 0.29) is 11.2 Å². The summed E-state index contributed by atoms with van der Waals surface area (Å²) in [5.41, 5.74) is 0.592. The predicted molar refractivity (Wildman–Crippen MR) is 62.6 cm³/mol. The maximum absolute atomic E-state index is 14.3. The molecule has 86 valence electrons. The second-order valence-corrected chi connectivity index (χ2v) is 5.11. The zero-order valence-corrected chi connectivity index (χ0v) is 10.0. The Bertz CT molecular complexity index is 400. The van der Waals surface area contributed by atoms with Gasteiger partial charge in [-0.25, -0.2) is 9.18 Å². The smallest absolute Gasteiger partial charge is 0.362 e. The van der Waals surface area contributed by atoms with Crippen LogP contribution >= 0.6 is 15.9 Å². The molecular formula is C11H11BrFNO2. The van der Waals surface area contributed by atoms with E-state index in [4.69, 9.17) is 5.11 Å². The van der Waals surface area contributed by atoms with Gasteiger partial charge < -0.3 is 10.0 Å². The third kappa shape index (κ3) is 1.80. The molecule has 0 spiro atoms. The van der Waals surface area contributed by atoms with Gasteiger partial charge in [0.05, 0.1) is 0 Å². The molecule has 0 aromatic heterocycles. The van der Waals surface area contributed by atoms with Crippen LogP contribution in [0.4, 0.5) is 10.1 Å². The van der Waals surface area contributed by atoms with E-state index in [0.717, 1.165) is 0 Å². The average molecular weight is 288 g/mol. The zero-order chi connectivity index (χ0) is 11.8. The lowest BCUT2D eigenvalue weighted by Crippen LogP contribution is -2.46. The van der Waals surface area contributed by atoms with Gasteiger partial charge in [-0.3, -0.25) is 0 Å². The highest BCUT2D eigenvalue weighted by atomic mass is 79.9. The largest absolute Gasteiger partial charge is 0.477 e. The Hall–Kier alpha value is -1.10. The molecule has 2 atom stereocenters. The number of hydrogen-bond donors (Lipinski definition) is 1. The minimum absolute atomic E-state index is 0.0444. The van der Waals surface area contributed by atoms with Crippen molar-refractivity contribution < 1.29 is 14.3 Å². The van der Waals surface area contributed by atoms with Gasteiger partial charge in [0.2, 0.25) is 0 Å². The summed E-state index contributed by atoms with van der Waals surface area (Å²) in [6.45, 7) is 0.354. The molecule has 1 N–H and O–H groups in total. The molecule has 0 saturated carbocycles. The van der Waals surface area contributed by atoms with Crippen molar-refractivity contribution in [2.45, 2.75) is 17.0 Å². The minimum atomic E-state index is -2.31. The minimum Gasteiger partial charge on any atom is -0.477 e. The van der Waals surface area contributed by atoms with E-state index >= 15 is 0 Å². The Kier molecular flexibility index (Phi) is 2.88. The van der Waals surface area contributed by atoms with Crippen molar-refractivity contribution in [1.82, 2.24) is 0 Å². The molecule has 1 saturated heterocycles. The van der Waals surface area contributed by atoms with Gasteiger partial charge in [0.1, 0.15) is 0 Å². The van der Waals surface area contributed by atoms with Crippen LogP contribution in [0.5, 0.6) is 0 Å². The average Bonchev–Trinajstić information content (AvgIpc) is 2.57. The van der Waals surface area contributed by atoms with Crippen molar-refractivity contribution in [2.24, 2.45) is 0 Å². The van der Waals surface area contributed by atoms with E-state index in [9.17, 15) is 9.18 Å². The Morgan fingerprint density at radius 3 is 2.69 bits per heavy atom. The van der Waals surface area contributed by atoms with Crippen molar-refractivity contribution in [3.05, 3.63) is 30.3 Å². The molecule has 3 nitrogen and oxygen atoms in total. The van der Waals surface area contributed by atoms with Crippen LogP contribution in [0, 0.1) is 0 Å². The van der Waals surface area contributed by atoms with Gasteiger partial charge in [0, 0.05) is 23.5 Å². The number of alkyl halides is 2. The summed E-state index contributed by atoms with van der Waals surface area (Å²) < 4.78 is 14.3. The molecule has 1 aliphatic heterocycles. The van der Waals surface area contributed by atoms with Crippen LogP contribution in [0.15, 0.2) is 30.3 Å². The first kappa shape index (κ1) is 11.4. The SMILES string of the molecule is O=C(O)C1(F)CC(Br)CN1c1ccccc1. The monoisotopic (exact) mass is 287 g/mol. The topological polar surface area (TPSA) is 40.5 Å². The number of para-hydroxylation sites is 1. The molecule has 1 aromatic rings.